The molecule has 0 atom stereocenters. The van der Waals surface area contributed by atoms with Gasteiger partial charge in [0.1, 0.15) is 5.75 Å². The third-order valence-electron chi connectivity index (χ3n) is 4.05. The molecule has 0 amide bonds. The van der Waals surface area contributed by atoms with Crippen molar-refractivity contribution in [3.8, 4) is 5.75 Å². The van der Waals surface area contributed by atoms with Gasteiger partial charge in [-0.1, -0.05) is 12.1 Å². The molecule has 0 saturated carbocycles. The van der Waals surface area contributed by atoms with Gasteiger partial charge in [-0.05, 0) is 42.7 Å². The molecule has 1 aromatic carbocycles. The summed E-state index contributed by atoms with van der Waals surface area (Å²) in [5.41, 5.74) is 3.51. The number of benzene rings is 1. The summed E-state index contributed by atoms with van der Waals surface area (Å²) >= 11 is 0. The van der Waals surface area contributed by atoms with E-state index in [1.807, 2.05) is 24.4 Å². The number of methoxy groups -OCH3 is 1. The standard InChI is InChI=1S/C18H23N3O/c1-22-18-12-15(7-8-17(18)21-10-4-5-11-21)13-19-14-16-6-2-3-9-20-16/h2-3,6-9,12,19H,4-5,10-11,13-14H2,1H3. The maximum atomic E-state index is 5.58. The van der Waals surface area contributed by atoms with Crippen LogP contribution in [0.2, 0.25) is 0 Å². The molecule has 4 heteroatoms. The minimum Gasteiger partial charge on any atom is -0.495 e. The first kappa shape index (κ1) is 14.9. The highest BCUT2D eigenvalue weighted by molar-refractivity contribution is 5.60. The van der Waals surface area contributed by atoms with Crippen molar-refractivity contribution in [1.29, 1.82) is 0 Å². The van der Waals surface area contributed by atoms with E-state index < -0.39 is 0 Å². The van der Waals surface area contributed by atoms with Crippen molar-refractivity contribution in [2.75, 3.05) is 25.1 Å². The second-order valence-corrected chi connectivity index (χ2v) is 5.62. The molecule has 1 aromatic heterocycles. The molecule has 0 aliphatic carbocycles. The SMILES string of the molecule is COc1cc(CNCc2ccccn2)ccc1N1CCCC1. The van der Waals surface area contributed by atoms with Gasteiger partial charge >= 0.3 is 0 Å². The van der Waals surface area contributed by atoms with E-state index in [1.165, 1.54) is 24.1 Å². The zero-order valence-corrected chi connectivity index (χ0v) is 13.1. The summed E-state index contributed by atoms with van der Waals surface area (Å²) in [4.78, 5) is 6.72. The van der Waals surface area contributed by atoms with Crippen LogP contribution in [0.4, 0.5) is 5.69 Å². The first-order valence-corrected chi connectivity index (χ1v) is 7.89. The predicted molar refractivity (Wildman–Crippen MR) is 89.2 cm³/mol. The van der Waals surface area contributed by atoms with Crippen molar-refractivity contribution in [3.05, 3.63) is 53.9 Å². The molecule has 1 aliphatic rings. The van der Waals surface area contributed by atoms with E-state index in [0.29, 0.717) is 0 Å². The fraction of sp³-hybridized carbons (Fsp3) is 0.389. The smallest absolute Gasteiger partial charge is 0.142 e. The number of ether oxygens (including phenoxy) is 1. The normalized spacial score (nSPS) is 14.3. The lowest BCUT2D eigenvalue weighted by molar-refractivity contribution is 0.414. The molecule has 4 nitrogen and oxygen atoms in total. The van der Waals surface area contributed by atoms with Crippen molar-refractivity contribution in [1.82, 2.24) is 10.3 Å². The predicted octanol–water partition coefficient (Wildman–Crippen LogP) is 2.98. The van der Waals surface area contributed by atoms with Gasteiger partial charge in [0.2, 0.25) is 0 Å². The lowest BCUT2D eigenvalue weighted by Crippen LogP contribution is -2.19. The Morgan fingerprint density at radius 3 is 2.73 bits per heavy atom. The molecule has 0 bridgehead atoms. The summed E-state index contributed by atoms with van der Waals surface area (Å²) in [7, 11) is 1.75. The van der Waals surface area contributed by atoms with Gasteiger partial charge in [0.25, 0.3) is 0 Å². The highest BCUT2D eigenvalue weighted by atomic mass is 16.5. The van der Waals surface area contributed by atoms with Crippen molar-refractivity contribution >= 4 is 5.69 Å². The molecule has 3 rings (SSSR count). The largest absolute Gasteiger partial charge is 0.495 e. The van der Waals surface area contributed by atoms with Gasteiger partial charge < -0.3 is 15.0 Å². The summed E-state index contributed by atoms with van der Waals surface area (Å²) < 4.78 is 5.58. The van der Waals surface area contributed by atoms with Crippen molar-refractivity contribution in [2.45, 2.75) is 25.9 Å². The van der Waals surface area contributed by atoms with Crippen molar-refractivity contribution in [2.24, 2.45) is 0 Å². The highest BCUT2D eigenvalue weighted by Gasteiger charge is 2.16. The molecule has 1 fully saturated rings. The Bertz CT molecular complexity index is 595. The van der Waals surface area contributed by atoms with E-state index >= 15 is 0 Å². The summed E-state index contributed by atoms with van der Waals surface area (Å²) in [6.07, 6.45) is 4.37. The molecule has 1 N–H and O–H groups in total. The number of aromatic nitrogens is 1. The number of hydrogen-bond acceptors (Lipinski definition) is 4. The quantitative estimate of drug-likeness (QED) is 0.889. The van der Waals surface area contributed by atoms with E-state index in [9.17, 15) is 0 Å². The molecule has 0 spiro atoms. The molecule has 0 radical (unpaired) electrons. The van der Waals surface area contributed by atoms with Crippen LogP contribution in [0, 0.1) is 0 Å². The number of hydrogen-bond donors (Lipinski definition) is 1. The van der Waals surface area contributed by atoms with E-state index in [1.54, 1.807) is 7.11 Å². The van der Waals surface area contributed by atoms with E-state index in [4.69, 9.17) is 4.74 Å². The van der Waals surface area contributed by atoms with Crippen molar-refractivity contribution < 1.29 is 4.74 Å². The fourth-order valence-corrected chi connectivity index (χ4v) is 2.89. The van der Waals surface area contributed by atoms with Gasteiger partial charge in [0.05, 0.1) is 18.5 Å². The summed E-state index contributed by atoms with van der Waals surface area (Å²) in [5.74, 6) is 0.971. The molecular weight excluding hydrogens is 274 g/mol. The third kappa shape index (κ3) is 3.57. The molecule has 0 unspecified atom stereocenters. The van der Waals surface area contributed by atoms with E-state index in [2.05, 4.69) is 33.4 Å². The Kier molecular flexibility index (Phi) is 4.91. The van der Waals surface area contributed by atoms with E-state index in [-0.39, 0.29) is 0 Å². The lowest BCUT2D eigenvalue weighted by atomic mass is 10.1. The Morgan fingerprint density at radius 2 is 2.00 bits per heavy atom. The Labute approximate surface area is 132 Å². The Balaban J connectivity index is 1.62. The maximum Gasteiger partial charge on any atom is 0.142 e. The number of pyridine rings is 1. The molecule has 22 heavy (non-hydrogen) atoms. The molecule has 1 aliphatic heterocycles. The highest BCUT2D eigenvalue weighted by Crippen LogP contribution is 2.31. The average molecular weight is 297 g/mol. The third-order valence-corrected chi connectivity index (χ3v) is 4.05. The fourth-order valence-electron chi connectivity index (χ4n) is 2.89. The van der Waals surface area contributed by atoms with Gasteiger partial charge in [-0.3, -0.25) is 4.98 Å². The number of anilines is 1. The molecule has 1 saturated heterocycles. The van der Waals surface area contributed by atoms with Crippen LogP contribution >= 0.6 is 0 Å². The second-order valence-electron chi connectivity index (χ2n) is 5.62. The average Bonchev–Trinajstić information content (AvgIpc) is 3.10. The summed E-state index contributed by atoms with van der Waals surface area (Å²) in [6.45, 7) is 3.85. The second kappa shape index (κ2) is 7.27. The van der Waals surface area contributed by atoms with Gasteiger partial charge in [-0.25, -0.2) is 0 Å². The van der Waals surface area contributed by atoms with Crippen LogP contribution in [0.3, 0.4) is 0 Å². The van der Waals surface area contributed by atoms with Gasteiger partial charge in [-0.2, -0.15) is 0 Å². The van der Waals surface area contributed by atoms with Crippen LogP contribution in [-0.2, 0) is 13.1 Å². The van der Waals surface area contributed by atoms with E-state index in [0.717, 1.165) is 37.6 Å². The zero-order valence-electron chi connectivity index (χ0n) is 13.1. The minimum absolute atomic E-state index is 0.775. The van der Waals surface area contributed by atoms with Crippen LogP contribution in [0.15, 0.2) is 42.6 Å². The lowest BCUT2D eigenvalue weighted by Gasteiger charge is -2.21. The topological polar surface area (TPSA) is 37.4 Å². The van der Waals surface area contributed by atoms with Gasteiger partial charge in [-0.15, -0.1) is 0 Å². The van der Waals surface area contributed by atoms with Crippen LogP contribution < -0.4 is 15.0 Å². The molecule has 116 valence electrons. The first-order chi connectivity index (χ1) is 10.9. The molecule has 2 aromatic rings. The minimum atomic E-state index is 0.775. The van der Waals surface area contributed by atoms with Gasteiger partial charge in [0, 0.05) is 32.4 Å². The first-order valence-electron chi connectivity index (χ1n) is 7.89. The Hall–Kier alpha value is -2.07. The molecule has 2 heterocycles. The van der Waals surface area contributed by atoms with Crippen LogP contribution in [0.1, 0.15) is 24.1 Å². The van der Waals surface area contributed by atoms with Crippen LogP contribution in [-0.4, -0.2) is 25.2 Å². The van der Waals surface area contributed by atoms with Gasteiger partial charge in [0.15, 0.2) is 0 Å². The maximum absolute atomic E-state index is 5.58. The number of nitrogens with zero attached hydrogens (tertiary/aromatic N) is 2. The summed E-state index contributed by atoms with van der Waals surface area (Å²) in [5, 5.41) is 3.43. The summed E-state index contributed by atoms with van der Waals surface area (Å²) in [6, 6.07) is 12.5. The monoisotopic (exact) mass is 297 g/mol. The Morgan fingerprint density at radius 1 is 1.14 bits per heavy atom. The van der Waals surface area contributed by atoms with Crippen molar-refractivity contribution in [3.63, 3.8) is 0 Å². The van der Waals surface area contributed by atoms with Crippen LogP contribution in [0.5, 0.6) is 5.75 Å². The van der Waals surface area contributed by atoms with Crippen LogP contribution in [0.25, 0.3) is 0 Å². The zero-order chi connectivity index (χ0) is 15.2. The number of rotatable bonds is 6. The number of nitrogens with one attached hydrogen (secondary N) is 1. The molecular formula is C18H23N3O.